The lowest BCUT2D eigenvalue weighted by Gasteiger charge is -2.29. The number of amides is 2. The molecule has 202 valence electrons. The number of ether oxygens (including phenoxy) is 2. The van der Waals surface area contributed by atoms with Crippen LogP contribution in [0.15, 0.2) is 21.9 Å². The van der Waals surface area contributed by atoms with E-state index in [0.29, 0.717) is 6.42 Å². The lowest BCUT2D eigenvalue weighted by molar-refractivity contribution is -0.145. The molecule has 0 fully saturated rings. The fraction of sp³-hybridized carbons (Fsp3) is 0.526. The van der Waals surface area contributed by atoms with Crippen LogP contribution in [-0.4, -0.2) is 71.7 Å². The number of unbranched alkanes of at least 4 members (excludes halogenated alkanes) is 1. The molecule has 0 saturated heterocycles. The number of carbonyl (C=O) groups excluding carboxylic acids is 3. The van der Waals surface area contributed by atoms with Crippen LogP contribution in [0, 0.1) is 0 Å². The van der Waals surface area contributed by atoms with Crippen LogP contribution >= 0.6 is 11.6 Å². The van der Waals surface area contributed by atoms with E-state index in [9.17, 15) is 31.2 Å². The van der Waals surface area contributed by atoms with Crippen molar-refractivity contribution in [3.63, 3.8) is 0 Å². The van der Waals surface area contributed by atoms with Crippen molar-refractivity contribution >= 4 is 55.3 Å². The summed E-state index contributed by atoms with van der Waals surface area (Å²) in [5.41, 5.74) is 5.35. The highest BCUT2D eigenvalue weighted by Gasteiger charge is 2.34. The molecule has 1 aromatic carbocycles. The van der Waals surface area contributed by atoms with Crippen LogP contribution in [0.4, 0.5) is 10.5 Å². The maximum atomic E-state index is 12.9. The van der Waals surface area contributed by atoms with E-state index in [1.165, 1.54) is 6.92 Å². The highest BCUT2D eigenvalue weighted by Crippen LogP contribution is 2.34. The third kappa shape index (κ3) is 7.75. The van der Waals surface area contributed by atoms with Crippen molar-refractivity contribution in [2.75, 3.05) is 25.1 Å². The SMILES string of the molecule is CCOC(=O)N(CCCCOC(=O)[C@H](C)N)C(=O)CC1Nc2cc(Cl)c(S(N)(=O)=O)cc2S(=O)(=O)N1. The average Bonchev–Trinajstić information content (AvgIpc) is 2.73. The Morgan fingerprint density at radius 3 is 2.47 bits per heavy atom. The molecule has 1 aliphatic heterocycles. The second kappa shape index (κ2) is 12.2. The van der Waals surface area contributed by atoms with Crippen LogP contribution in [0.2, 0.25) is 5.02 Å². The Morgan fingerprint density at radius 2 is 1.89 bits per heavy atom. The predicted molar refractivity (Wildman–Crippen MR) is 128 cm³/mol. The maximum Gasteiger partial charge on any atom is 0.416 e. The first-order valence-corrected chi connectivity index (χ1v) is 14.1. The highest BCUT2D eigenvalue weighted by atomic mass is 35.5. The molecule has 14 nitrogen and oxygen atoms in total. The van der Waals surface area contributed by atoms with Gasteiger partial charge in [0.1, 0.15) is 15.8 Å². The molecular formula is C19H28ClN5O9S2. The molecule has 0 radical (unpaired) electrons. The van der Waals surface area contributed by atoms with Crippen molar-refractivity contribution in [3.8, 4) is 0 Å². The standard InChI is InChI=1S/C19H28ClN5O9S2/c1-3-33-19(28)25(6-4-5-7-34-18(27)11(2)21)17(26)10-16-23-13-8-12(20)14(35(22,29)30)9-15(13)36(31,32)24-16/h8-9,11,16,23-24H,3-7,10,21H2,1-2H3,(H2,22,29,30)/t11-,16?/m0/s1. The number of rotatable bonds is 10. The Balaban J connectivity index is 2.13. The van der Waals surface area contributed by atoms with Crippen LogP contribution in [-0.2, 0) is 39.1 Å². The maximum absolute atomic E-state index is 12.9. The first-order valence-electron chi connectivity index (χ1n) is 10.7. The van der Waals surface area contributed by atoms with Gasteiger partial charge in [-0.1, -0.05) is 11.6 Å². The molecule has 1 aliphatic rings. The number of imide groups is 1. The Hall–Kier alpha value is -2.50. The summed E-state index contributed by atoms with van der Waals surface area (Å²) in [6.07, 6.45) is -2.00. The number of fused-ring (bicyclic) bond motifs is 1. The number of benzene rings is 1. The first-order chi connectivity index (χ1) is 16.7. The van der Waals surface area contributed by atoms with E-state index < -0.39 is 66.4 Å². The zero-order valence-corrected chi connectivity index (χ0v) is 21.9. The van der Waals surface area contributed by atoms with Crippen molar-refractivity contribution in [1.29, 1.82) is 0 Å². The number of halogens is 1. The van der Waals surface area contributed by atoms with E-state index in [1.54, 1.807) is 6.92 Å². The smallest absolute Gasteiger partial charge is 0.416 e. The molecule has 0 bridgehead atoms. The predicted octanol–water partition coefficient (Wildman–Crippen LogP) is 0.0631. The Kier molecular flexibility index (Phi) is 10.0. The van der Waals surface area contributed by atoms with Crippen molar-refractivity contribution in [1.82, 2.24) is 9.62 Å². The third-order valence-corrected chi connectivity index (χ3v) is 7.70. The molecule has 0 saturated carbocycles. The second-order valence-corrected chi connectivity index (χ2v) is 11.4. The Labute approximate surface area is 213 Å². The van der Waals surface area contributed by atoms with Gasteiger partial charge in [-0.15, -0.1) is 0 Å². The summed E-state index contributed by atoms with van der Waals surface area (Å²) >= 11 is 5.95. The van der Waals surface area contributed by atoms with Gasteiger partial charge in [-0.05, 0) is 38.8 Å². The lowest BCUT2D eigenvalue weighted by atomic mass is 10.2. The average molecular weight is 570 g/mol. The molecule has 1 aromatic rings. The van der Waals surface area contributed by atoms with Gasteiger partial charge < -0.3 is 20.5 Å². The van der Waals surface area contributed by atoms with E-state index in [2.05, 4.69) is 10.0 Å². The lowest BCUT2D eigenvalue weighted by Crippen LogP contribution is -2.49. The first kappa shape index (κ1) is 29.7. The molecule has 1 heterocycles. The number of nitrogens with one attached hydrogen (secondary N) is 2. The van der Waals surface area contributed by atoms with Crippen LogP contribution < -0.4 is 20.9 Å². The van der Waals surface area contributed by atoms with Crippen molar-refractivity contribution in [2.45, 2.75) is 55.1 Å². The summed E-state index contributed by atoms with van der Waals surface area (Å²) in [5, 5.41) is 7.51. The van der Waals surface area contributed by atoms with E-state index in [0.717, 1.165) is 17.0 Å². The van der Waals surface area contributed by atoms with Gasteiger partial charge in [0.25, 0.3) is 0 Å². The van der Waals surface area contributed by atoms with Crippen LogP contribution in [0.5, 0.6) is 0 Å². The molecule has 6 N–H and O–H groups in total. The van der Waals surface area contributed by atoms with Crippen LogP contribution in [0.25, 0.3) is 0 Å². The molecule has 36 heavy (non-hydrogen) atoms. The van der Waals surface area contributed by atoms with E-state index in [4.69, 9.17) is 31.9 Å². The van der Waals surface area contributed by atoms with Gasteiger partial charge in [0.05, 0.1) is 36.5 Å². The number of nitrogens with two attached hydrogens (primary N) is 2. The molecule has 0 spiro atoms. The van der Waals surface area contributed by atoms with Gasteiger partial charge in [-0.25, -0.2) is 31.7 Å². The molecule has 0 aliphatic carbocycles. The van der Waals surface area contributed by atoms with Crippen molar-refractivity contribution < 1.29 is 40.7 Å². The number of primary sulfonamides is 1. The van der Waals surface area contributed by atoms with E-state index >= 15 is 0 Å². The minimum Gasteiger partial charge on any atom is -0.465 e. The van der Waals surface area contributed by atoms with Gasteiger partial charge in [-0.3, -0.25) is 9.59 Å². The number of nitrogens with zero attached hydrogens (tertiary/aromatic N) is 1. The fourth-order valence-corrected chi connectivity index (χ4v) is 5.63. The van der Waals surface area contributed by atoms with Gasteiger partial charge in [0, 0.05) is 6.54 Å². The Bertz CT molecular complexity index is 1220. The molecule has 2 rings (SSSR count). The van der Waals surface area contributed by atoms with Crippen LogP contribution in [0.1, 0.15) is 33.1 Å². The minimum absolute atomic E-state index is 0.00117. The quantitative estimate of drug-likeness (QED) is 0.218. The summed E-state index contributed by atoms with van der Waals surface area (Å²) in [7, 11) is -8.57. The number of hydrogen-bond acceptors (Lipinski definition) is 11. The summed E-state index contributed by atoms with van der Waals surface area (Å²) in [6.45, 7) is 2.99. The van der Waals surface area contributed by atoms with E-state index in [1.807, 2.05) is 0 Å². The fourth-order valence-electron chi connectivity index (χ4n) is 3.13. The van der Waals surface area contributed by atoms with Crippen LogP contribution in [0.3, 0.4) is 0 Å². The number of carbonyl (C=O) groups is 3. The largest absolute Gasteiger partial charge is 0.465 e. The Morgan fingerprint density at radius 1 is 1.22 bits per heavy atom. The molecule has 2 amide bonds. The van der Waals surface area contributed by atoms with Gasteiger partial charge in [0.15, 0.2) is 0 Å². The van der Waals surface area contributed by atoms with Gasteiger partial charge in [0.2, 0.25) is 26.0 Å². The summed E-state index contributed by atoms with van der Waals surface area (Å²) < 4.78 is 60.9. The van der Waals surface area contributed by atoms with E-state index in [-0.39, 0.29) is 36.9 Å². The number of hydrogen-bond donors (Lipinski definition) is 4. The molecule has 0 aromatic heterocycles. The van der Waals surface area contributed by atoms with Gasteiger partial charge in [-0.2, -0.15) is 4.72 Å². The zero-order chi connectivity index (χ0) is 27.3. The third-order valence-electron chi connectivity index (χ3n) is 4.82. The summed E-state index contributed by atoms with van der Waals surface area (Å²) in [6, 6.07) is 1.10. The normalized spacial score (nSPS) is 17.3. The number of esters is 1. The summed E-state index contributed by atoms with van der Waals surface area (Å²) in [5.74, 6) is -1.34. The topological polar surface area (TPSA) is 217 Å². The highest BCUT2D eigenvalue weighted by molar-refractivity contribution is 7.90. The summed E-state index contributed by atoms with van der Waals surface area (Å²) in [4.78, 5) is 36.4. The molecule has 2 atom stereocenters. The van der Waals surface area contributed by atoms with Crippen molar-refractivity contribution in [3.05, 3.63) is 17.2 Å². The number of anilines is 1. The second-order valence-electron chi connectivity index (χ2n) is 7.75. The monoisotopic (exact) mass is 569 g/mol. The molecule has 1 unspecified atom stereocenters. The molecular weight excluding hydrogens is 542 g/mol. The number of sulfonamides is 2. The van der Waals surface area contributed by atoms with Gasteiger partial charge >= 0.3 is 12.1 Å². The zero-order valence-electron chi connectivity index (χ0n) is 19.5. The molecule has 17 heteroatoms. The minimum atomic E-state index is -4.30. The van der Waals surface area contributed by atoms with Crippen molar-refractivity contribution in [2.24, 2.45) is 10.9 Å².